The highest BCUT2D eigenvalue weighted by Crippen LogP contribution is 2.24. The molecule has 0 amide bonds. The van der Waals surface area contributed by atoms with Gasteiger partial charge in [-0.15, -0.1) is 13.2 Å². The SMILES string of the molecule is NSc1ccc(OC(F)(F)F)cc1. The molecule has 2 nitrogen and oxygen atoms in total. The lowest BCUT2D eigenvalue weighted by atomic mass is 10.3. The van der Waals surface area contributed by atoms with Gasteiger partial charge >= 0.3 is 6.36 Å². The molecule has 0 spiro atoms. The van der Waals surface area contributed by atoms with E-state index in [1.54, 1.807) is 0 Å². The van der Waals surface area contributed by atoms with E-state index in [-0.39, 0.29) is 5.75 Å². The maximum atomic E-state index is 11.7. The number of hydrogen-bond donors (Lipinski definition) is 1. The van der Waals surface area contributed by atoms with Crippen LogP contribution in [-0.4, -0.2) is 6.36 Å². The molecule has 0 unspecified atom stereocenters. The molecule has 2 N–H and O–H groups in total. The summed E-state index contributed by atoms with van der Waals surface area (Å²) < 4.78 is 38.7. The summed E-state index contributed by atoms with van der Waals surface area (Å²) >= 11 is 0.959. The molecule has 0 saturated carbocycles. The van der Waals surface area contributed by atoms with Crippen molar-refractivity contribution in [2.75, 3.05) is 0 Å². The molecule has 6 heteroatoms. The molecular formula is C7H6F3NOS. The van der Waals surface area contributed by atoms with Gasteiger partial charge in [0.2, 0.25) is 0 Å². The van der Waals surface area contributed by atoms with E-state index >= 15 is 0 Å². The fourth-order valence-corrected chi connectivity index (χ4v) is 1.01. The van der Waals surface area contributed by atoms with Gasteiger partial charge in [0.05, 0.1) is 0 Å². The third-order valence-electron chi connectivity index (χ3n) is 1.19. The first-order valence-corrected chi connectivity index (χ1v) is 4.12. The molecule has 0 saturated heterocycles. The zero-order valence-corrected chi connectivity index (χ0v) is 7.15. The maximum Gasteiger partial charge on any atom is 0.573 e. The van der Waals surface area contributed by atoms with E-state index in [4.69, 9.17) is 5.14 Å². The van der Waals surface area contributed by atoms with E-state index < -0.39 is 6.36 Å². The summed E-state index contributed by atoms with van der Waals surface area (Å²) in [5.74, 6) is -0.245. The summed E-state index contributed by atoms with van der Waals surface area (Å²) in [6, 6.07) is 5.32. The summed E-state index contributed by atoms with van der Waals surface area (Å²) in [7, 11) is 0. The average Bonchev–Trinajstić information content (AvgIpc) is 2.03. The molecule has 72 valence electrons. The van der Waals surface area contributed by atoms with Crippen LogP contribution in [0.3, 0.4) is 0 Å². The van der Waals surface area contributed by atoms with Gasteiger partial charge in [0.25, 0.3) is 0 Å². The molecule has 1 aromatic rings. The van der Waals surface area contributed by atoms with E-state index in [1.165, 1.54) is 24.3 Å². The molecule has 0 fully saturated rings. The lowest BCUT2D eigenvalue weighted by molar-refractivity contribution is -0.274. The van der Waals surface area contributed by atoms with Crippen molar-refractivity contribution >= 4 is 11.9 Å². The highest BCUT2D eigenvalue weighted by Gasteiger charge is 2.30. The average molecular weight is 209 g/mol. The van der Waals surface area contributed by atoms with Crippen molar-refractivity contribution in [1.29, 1.82) is 0 Å². The van der Waals surface area contributed by atoms with Crippen LogP contribution >= 0.6 is 11.9 Å². The van der Waals surface area contributed by atoms with Crippen LogP contribution in [0.2, 0.25) is 0 Å². The van der Waals surface area contributed by atoms with Crippen LogP contribution in [0.5, 0.6) is 5.75 Å². The molecule has 0 aliphatic heterocycles. The second-order valence-electron chi connectivity index (χ2n) is 2.14. The zero-order chi connectivity index (χ0) is 9.90. The molecule has 1 rings (SSSR count). The second-order valence-corrected chi connectivity index (χ2v) is 2.84. The van der Waals surface area contributed by atoms with Crippen molar-refractivity contribution in [3.8, 4) is 5.75 Å². The van der Waals surface area contributed by atoms with Gasteiger partial charge in [-0.05, 0) is 36.2 Å². The molecule has 0 aromatic heterocycles. The lowest BCUT2D eigenvalue weighted by Gasteiger charge is -2.08. The maximum absolute atomic E-state index is 11.7. The Kier molecular flexibility index (Phi) is 3.05. The largest absolute Gasteiger partial charge is 0.573 e. The van der Waals surface area contributed by atoms with Gasteiger partial charge in [-0.2, -0.15) is 0 Å². The molecule has 0 bridgehead atoms. The Hall–Kier alpha value is -0.880. The third kappa shape index (κ3) is 3.56. The van der Waals surface area contributed by atoms with E-state index in [1.807, 2.05) is 0 Å². The van der Waals surface area contributed by atoms with E-state index in [9.17, 15) is 13.2 Å². The minimum absolute atomic E-state index is 0.245. The first kappa shape index (κ1) is 10.2. The Balaban J connectivity index is 2.70. The normalized spacial score (nSPS) is 11.4. The first-order chi connectivity index (χ1) is 6.01. The number of ether oxygens (including phenoxy) is 1. The minimum atomic E-state index is -4.64. The van der Waals surface area contributed by atoms with Gasteiger partial charge in [-0.25, -0.2) is 0 Å². The van der Waals surface area contributed by atoms with Gasteiger partial charge in [0.1, 0.15) is 5.75 Å². The lowest BCUT2D eigenvalue weighted by Crippen LogP contribution is -2.16. The van der Waals surface area contributed by atoms with Gasteiger partial charge in [0, 0.05) is 4.90 Å². The first-order valence-electron chi connectivity index (χ1n) is 3.24. The predicted octanol–water partition coefficient (Wildman–Crippen LogP) is 2.55. The highest BCUT2D eigenvalue weighted by molar-refractivity contribution is 7.97. The van der Waals surface area contributed by atoms with Crippen LogP contribution in [0.1, 0.15) is 0 Å². The molecule has 0 radical (unpaired) electrons. The molecule has 0 aliphatic carbocycles. The third-order valence-corrected chi connectivity index (χ3v) is 1.74. The van der Waals surface area contributed by atoms with Crippen molar-refractivity contribution in [1.82, 2.24) is 0 Å². The quantitative estimate of drug-likeness (QED) is 0.760. The zero-order valence-electron chi connectivity index (χ0n) is 6.34. The number of halogens is 3. The van der Waals surface area contributed by atoms with Crippen LogP contribution < -0.4 is 9.88 Å². The second kappa shape index (κ2) is 3.89. The summed E-state index contributed by atoms with van der Waals surface area (Å²) in [5, 5.41) is 5.18. The smallest absolute Gasteiger partial charge is 0.406 e. The number of rotatable bonds is 2. The topological polar surface area (TPSA) is 35.2 Å². The minimum Gasteiger partial charge on any atom is -0.406 e. The van der Waals surface area contributed by atoms with Gasteiger partial charge in [0.15, 0.2) is 0 Å². The number of hydrogen-bond acceptors (Lipinski definition) is 3. The van der Waals surface area contributed by atoms with Gasteiger partial charge in [-0.1, -0.05) is 0 Å². The Morgan fingerprint density at radius 3 is 2.08 bits per heavy atom. The van der Waals surface area contributed by atoms with Crippen molar-refractivity contribution in [3.63, 3.8) is 0 Å². The Morgan fingerprint density at radius 1 is 1.15 bits per heavy atom. The Morgan fingerprint density at radius 2 is 1.69 bits per heavy atom. The molecular weight excluding hydrogens is 203 g/mol. The van der Waals surface area contributed by atoms with Gasteiger partial charge in [-0.3, -0.25) is 5.14 Å². The Labute approximate surface area is 77.0 Å². The van der Waals surface area contributed by atoms with Crippen molar-refractivity contribution in [3.05, 3.63) is 24.3 Å². The number of alkyl halides is 3. The van der Waals surface area contributed by atoms with E-state index in [0.29, 0.717) is 4.90 Å². The molecule has 0 aliphatic rings. The summed E-state index contributed by atoms with van der Waals surface area (Å²) in [4.78, 5) is 0.675. The van der Waals surface area contributed by atoms with E-state index in [2.05, 4.69) is 4.74 Å². The van der Waals surface area contributed by atoms with Crippen molar-refractivity contribution in [2.24, 2.45) is 5.14 Å². The summed E-state index contributed by atoms with van der Waals surface area (Å²) in [5.41, 5.74) is 0. The van der Waals surface area contributed by atoms with Crippen LogP contribution in [0.25, 0.3) is 0 Å². The van der Waals surface area contributed by atoms with Crippen LogP contribution in [0, 0.1) is 0 Å². The molecule has 0 atom stereocenters. The predicted molar refractivity (Wildman–Crippen MR) is 43.2 cm³/mol. The van der Waals surface area contributed by atoms with Crippen LogP contribution in [0.4, 0.5) is 13.2 Å². The molecule has 13 heavy (non-hydrogen) atoms. The van der Waals surface area contributed by atoms with Crippen LogP contribution in [-0.2, 0) is 0 Å². The number of nitrogens with two attached hydrogens (primary N) is 1. The van der Waals surface area contributed by atoms with Gasteiger partial charge < -0.3 is 4.74 Å². The van der Waals surface area contributed by atoms with Crippen molar-refractivity contribution < 1.29 is 17.9 Å². The molecule has 1 aromatic carbocycles. The monoisotopic (exact) mass is 209 g/mol. The number of benzene rings is 1. The fraction of sp³-hybridized carbons (Fsp3) is 0.143. The molecule has 0 heterocycles. The standard InChI is InChI=1S/C7H6F3NOS/c8-7(9,10)12-5-1-3-6(13-11)4-2-5/h1-4H,11H2. The highest BCUT2D eigenvalue weighted by atomic mass is 32.2. The fourth-order valence-electron chi connectivity index (χ4n) is 0.720. The van der Waals surface area contributed by atoms with Crippen molar-refractivity contribution in [2.45, 2.75) is 11.3 Å². The summed E-state index contributed by atoms with van der Waals surface area (Å²) in [6.45, 7) is 0. The van der Waals surface area contributed by atoms with Crippen LogP contribution in [0.15, 0.2) is 29.2 Å². The Bertz CT molecular complexity index is 272. The van der Waals surface area contributed by atoms with E-state index in [0.717, 1.165) is 11.9 Å². The summed E-state index contributed by atoms with van der Waals surface area (Å²) in [6.07, 6.45) is -4.64.